The average Bonchev–Trinajstić information content (AvgIpc) is 3.19. The molecule has 0 aliphatic carbocycles. The summed E-state index contributed by atoms with van der Waals surface area (Å²) >= 11 is 0. The highest BCUT2D eigenvalue weighted by Crippen LogP contribution is 2.30. The third-order valence-corrected chi connectivity index (χ3v) is 4.48. The number of ether oxygens (including phenoxy) is 1. The molecule has 1 unspecified atom stereocenters. The number of hydrogen-bond donors (Lipinski definition) is 1. The summed E-state index contributed by atoms with van der Waals surface area (Å²) in [5.74, 6) is 0.349. The fourth-order valence-electron chi connectivity index (χ4n) is 3.26. The van der Waals surface area contributed by atoms with Gasteiger partial charge in [0.15, 0.2) is 0 Å². The molecule has 1 amide bonds. The first-order chi connectivity index (χ1) is 12.8. The lowest BCUT2D eigenvalue weighted by Gasteiger charge is -2.21. The first kappa shape index (κ1) is 19.1. The van der Waals surface area contributed by atoms with Gasteiger partial charge in [-0.15, -0.1) is 0 Å². The monoisotopic (exact) mass is 382 g/mol. The summed E-state index contributed by atoms with van der Waals surface area (Å²) < 4.78 is 43.6. The summed E-state index contributed by atoms with van der Waals surface area (Å²) in [6, 6.07) is 7.53. The minimum atomic E-state index is -4.38. The third-order valence-electron chi connectivity index (χ3n) is 4.48. The molecular formula is C18H21F3N4O2. The maximum absolute atomic E-state index is 12.5. The molecule has 0 spiro atoms. The Kier molecular flexibility index (Phi) is 5.29. The molecule has 1 aliphatic rings. The lowest BCUT2D eigenvalue weighted by Crippen LogP contribution is -2.37. The number of hydrogen-bond acceptors (Lipinski definition) is 4. The van der Waals surface area contributed by atoms with Crippen LogP contribution in [0.3, 0.4) is 0 Å². The molecule has 1 saturated heterocycles. The van der Waals surface area contributed by atoms with E-state index in [1.165, 1.54) is 6.92 Å². The van der Waals surface area contributed by atoms with Gasteiger partial charge >= 0.3 is 6.18 Å². The first-order valence-electron chi connectivity index (χ1n) is 8.56. The number of alkyl halides is 3. The van der Waals surface area contributed by atoms with Crippen LogP contribution in [-0.4, -0.2) is 48.1 Å². The zero-order valence-corrected chi connectivity index (χ0v) is 15.1. The Balaban J connectivity index is 1.64. The van der Waals surface area contributed by atoms with Gasteiger partial charge in [0.05, 0.1) is 24.1 Å². The number of methoxy groups -OCH3 is 1. The van der Waals surface area contributed by atoms with Gasteiger partial charge in [0.2, 0.25) is 0 Å². The van der Waals surface area contributed by atoms with Crippen LogP contribution in [0.4, 0.5) is 18.9 Å². The Bertz CT molecular complexity index is 819. The molecule has 0 bridgehead atoms. The van der Waals surface area contributed by atoms with Crippen molar-refractivity contribution in [3.63, 3.8) is 0 Å². The van der Waals surface area contributed by atoms with Crippen molar-refractivity contribution in [2.45, 2.75) is 32.1 Å². The van der Waals surface area contributed by atoms with Crippen molar-refractivity contribution >= 4 is 11.6 Å². The molecule has 1 aromatic heterocycles. The summed E-state index contributed by atoms with van der Waals surface area (Å²) in [4.78, 5) is 14.6. The number of rotatable bonds is 5. The fourth-order valence-corrected chi connectivity index (χ4v) is 3.26. The van der Waals surface area contributed by atoms with E-state index in [-0.39, 0.29) is 17.3 Å². The van der Waals surface area contributed by atoms with E-state index in [9.17, 15) is 18.0 Å². The molecule has 6 nitrogen and oxygen atoms in total. The van der Waals surface area contributed by atoms with Crippen molar-refractivity contribution in [1.82, 2.24) is 15.1 Å². The predicted octanol–water partition coefficient (Wildman–Crippen LogP) is 2.77. The van der Waals surface area contributed by atoms with Crippen molar-refractivity contribution in [3.05, 3.63) is 41.7 Å². The van der Waals surface area contributed by atoms with E-state index < -0.39 is 18.6 Å². The molecule has 2 aromatic rings. The van der Waals surface area contributed by atoms with Crippen LogP contribution in [0.1, 0.15) is 22.5 Å². The molecule has 1 aromatic carbocycles. The van der Waals surface area contributed by atoms with Crippen LogP contribution in [-0.2, 0) is 6.54 Å². The van der Waals surface area contributed by atoms with Crippen LogP contribution in [0.2, 0.25) is 0 Å². The zero-order valence-electron chi connectivity index (χ0n) is 15.1. The molecule has 3 rings (SSSR count). The first-order valence-corrected chi connectivity index (χ1v) is 8.56. The van der Waals surface area contributed by atoms with Crippen LogP contribution >= 0.6 is 0 Å². The number of para-hydroxylation sites is 2. The van der Waals surface area contributed by atoms with Crippen LogP contribution in [0.5, 0.6) is 5.75 Å². The predicted molar refractivity (Wildman–Crippen MR) is 94.1 cm³/mol. The summed E-state index contributed by atoms with van der Waals surface area (Å²) in [7, 11) is 1.61. The summed E-state index contributed by atoms with van der Waals surface area (Å²) in [5, 5.41) is 6.68. The zero-order chi connectivity index (χ0) is 19.6. The van der Waals surface area contributed by atoms with E-state index in [2.05, 4.69) is 15.3 Å². The Hall–Kier alpha value is -2.71. The van der Waals surface area contributed by atoms with E-state index in [1.807, 2.05) is 24.3 Å². The van der Waals surface area contributed by atoms with Crippen molar-refractivity contribution in [3.8, 4) is 5.75 Å². The number of amides is 1. The molecule has 1 N–H and O–H groups in total. The topological polar surface area (TPSA) is 59.4 Å². The number of aryl methyl sites for hydroxylation is 1. The second-order valence-electron chi connectivity index (χ2n) is 6.52. The van der Waals surface area contributed by atoms with E-state index in [0.29, 0.717) is 6.54 Å². The number of carbonyl (C=O) groups is 1. The molecule has 0 saturated carbocycles. The number of aromatic nitrogens is 2. The highest BCUT2D eigenvalue weighted by atomic mass is 19.4. The number of benzene rings is 1. The van der Waals surface area contributed by atoms with Gasteiger partial charge in [0.25, 0.3) is 5.91 Å². The molecule has 0 radical (unpaired) electrons. The lowest BCUT2D eigenvalue weighted by molar-refractivity contribution is -0.142. The molecule has 146 valence electrons. The van der Waals surface area contributed by atoms with Crippen molar-refractivity contribution in [2.24, 2.45) is 0 Å². The molecule has 1 atom stereocenters. The highest BCUT2D eigenvalue weighted by molar-refractivity contribution is 5.95. The van der Waals surface area contributed by atoms with Gasteiger partial charge < -0.3 is 15.0 Å². The number of nitrogens with zero attached hydrogens (tertiary/aromatic N) is 3. The molecular weight excluding hydrogens is 361 g/mol. The number of carbonyl (C=O) groups excluding carboxylic acids is 1. The lowest BCUT2D eigenvalue weighted by atomic mass is 10.2. The molecule has 9 heteroatoms. The summed E-state index contributed by atoms with van der Waals surface area (Å²) in [6.07, 6.45) is -2.50. The van der Waals surface area contributed by atoms with E-state index in [0.717, 1.165) is 35.3 Å². The normalized spacial score (nSPS) is 17.2. The van der Waals surface area contributed by atoms with Crippen LogP contribution in [0.15, 0.2) is 30.5 Å². The molecule has 1 aliphatic heterocycles. The number of halogens is 3. The molecule has 2 heterocycles. The van der Waals surface area contributed by atoms with Gasteiger partial charge in [-0.05, 0) is 25.5 Å². The fraction of sp³-hybridized carbons (Fsp3) is 0.444. The van der Waals surface area contributed by atoms with Crippen LogP contribution in [0, 0.1) is 6.92 Å². The Morgan fingerprint density at radius 2 is 2.11 bits per heavy atom. The molecule has 1 fully saturated rings. The summed E-state index contributed by atoms with van der Waals surface area (Å²) in [5.41, 5.74) is 1.39. The SMILES string of the molecule is COc1ccccc1N1CCC(NC(=O)c2cn(CC(F)(F)F)nc2C)C1. The second kappa shape index (κ2) is 7.50. The Morgan fingerprint density at radius 3 is 2.81 bits per heavy atom. The largest absolute Gasteiger partial charge is 0.495 e. The van der Waals surface area contributed by atoms with Gasteiger partial charge in [0.1, 0.15) is 12.3 Å². The second-order valence-corrected chi connectivity index (χ2v) is 6.52. The average molecular weight is 382 g/mol. The highest BCUT2D eigenvalue weighted by Gasteiger charge is 2.30. The smallest absolute Gasteiger partial charge is 0.408 e. The van der Waals surface area contributed by atoms with Crippen molar-refractivity contribution in [1.29, 1.82) is 0 Å². The quantitative estimate of drug-likeness (QED) is 0.864. The minimum Gasteiger partial charge on any atom is -0.495 e. The Labute approximate surface area is 154 Å². The minimum absolute atomic E-state index is 0.104. The van der Waals surface area contributed by atoms with Crippen molar-refractivity contribution < 1.29 is 22.7 Å². The standard InChI is InChI=1S/C18H21F3N4O2/c1-12-14(10-25(23-12)11-18(19,20)21)17(26)22-13-7-8-24(9-13)15-5-3-4-6-16(15)27-2/h3-6,10,13H,7-9,11H2,1-2H3,(H,22,26). The van der Waals surface area contributed by atoms with Gasteiger partial charge in [-0.2, -0.15) is 18.3 Å². The van der Waals surface area contributed by atoms with Crippen LogP contribution in [0.25, 0.3) is 0 Å². The van der Waals surface area contributed by atoms with E-state index >= 15 is 0 Å². The maximum Gasteiger partial charge on any atom is 0.408 e. The van der Waals surface area contributed by atoms with E-state index in [1.54, 1.807) is 7.11 Å². The van der Waals surface area contributed by atoms with Gasteiger partial charge in [-0.3, -0.25) is 9.48 Å². The molecule has 27 heavy (non-hydrogen) atoms. The third kappa shape index (κ3) is 4.53. The maximum atomic E-state index is 12.5. The van der Waals surface area contributed by atoms with Gasteiger partial charge in [0, 0.05) is 25.3 Å². The summed E-state index contributed by atoms with van der Waals surface area (Å²) in [6.45, 7) is 1.66. The Morgan fingerprint density at radius 1 is 1.37 bits per heavy atom. The van der Waals surface area contributed by atoms with Crippen molar-refractivity contribution in [2.75, 3.05) is 25.1 Å². The van der Waals surface area contributed by atoms with Crippen LogP contribution < -0.4 is 15.0 Å². The van der Waals surface area contributed by atoms with Gasteiger partial charge in [-0.1, -0.05) is 12.1 Å². The number of nitrogens with one attached hydrogen (secondary N) is 1. The number of anilines is 1. The van der Waals surface area contributed by atoms with E-state index in [4.69, 9.17) is 4.74 Å². The van der Waals surface area contributed by atoms with Gasteiger partial charge in [-0.25, -0.2) is 0 Å².